The maximum absolute atomic E-state index is 4.99. The van der Waals surface area contributed by atoms with Crippen molar-refractivity contribution in [3.63, 3.8) is 0 Å². The molecule has 0 spiro atoms. The number of rotatable bonds is 1. The molecule has 0 aliphatic carbocycles. The van der Waals surface area contributed by atoms with Gasteiger partial charge in [0.1, 0.15) is 5.82 Å². The van der Waals surface area contributed by atoms with Gasteiger partial charge in [0.05, 0.1) is 11.9 Å². The Kier molecular flexibility index (Phi) is 4.10. The van der Waals surface area contributed by atoms with Gasteiger partial charge >= 0.3 is 6.98 Å². The number of imidazole rings is 1. The van der Waals surface area contributed by atoms with Crippen LogP contribution in [0.15, 0.2) is 72.9 Å². The molecule has 0 saturated heterocycles. The van der Waals surface area contributed by atoms with Crippen LogP contribution in [-0.2, 0) is 12.8 Å². The highest BCUT2D eigenvalue weighted by Crippen LogP contribution is 2.40. The third kappa shape index (κ3) is 2.64. The zero-order valence-corrected chi connectivity index (χ0v) is 18.3. The third-order valence-electron chi connectivity index (χ3n) is 7.00. The van der Waals surface area contributed by atoms with Crippen LogP contribution in [0.2, 0.25) is 0 Å². The van der Waals surface area contributed by atoms with Crippen molar-refractivity contribution in [2.24, 2.45) is 0 Å². The molecule has 0 atom stereocenters. The normalized spacial score (nSPS) is 14.2. The summed E-state index contributed by atoms with van der Waals surface area (Å²) >= 11 is 0. The van der Waals surface area contributed by atoms with Crippen molar-refractivity contribution in [3.05, 3.63) is 89.6 Å². The van der Waals surface area contributed by atoms with E-state index in [0.29, 0.717) is 5.92 Å². The van der Waals surface area contributed by atoms with Gasteiger partial charge in [-0.2, -0.15) is 0 Å². The summed E-state index contributed by atoms with van der Waals surface area (Å²) < 4.78 is 2.48. The lowest BCUT2D eigenvalue weighted by molar-refractivity contribution is 0.865. The number of anilines is 1. The van der Waals surface area contributed by atoms with E-state index >= 15 is 0 Å². The Morgan fingerprint density at radius 1 is 0.839 bits per heavy atom. The first-order chi connectivity index (χ1) is 15.1. The number of nitrogens with zero attached hydrogens (tertiary/aromatic N) is 3. The molecule has 6 rings (SSSR count). The molecule has 2 aliphatic heterocycles. The summed E-state index contributed by atoms with van der Waals surface area (Å²) in [6.45, 7) is 4.70. The summed E-state index contributed by atoms with van der Waals surface area (Å²) in [7, 11) is 2.24. The summed E-state index contributed by atoms with van der Waals surface area (Å²) in [4.78, 5) is 7.44. The first-order valence-electron chi connectivity index (χ1n) is 11.2. The van der Waals surface area contributed by atoms with Gasteiger partial charge in [-0.05, 0) is 60.1 Å². The predicted molar refractivity (Wildman–Crippen MR) is 130 cm³/mol. The van der Waals surface area contributed by atoms with Gasteiger partial charge in [-0.1, -0.05) is 68.4 Å². The van der Waals surface area contributed by atoms with Crippen LogP contribution in [-0.4, -0.2) is 23.5 Å². The van der Waals surface area contributed by atoms with Crippen molar-refractivity contribution in [3.8, 4) is 22.6 Å². The Bertz CT molecular complexity index is 1300. The second-order valence-corrected chi connectivity index (χ2v) is 9.07. The zero-order valence-electron chi connectivity index (χ0n) is 18.3. The molecular weight excluding hydrogens is 377 g/mol. The largest absolute Gasteiger partial charge is 0.417 e. The van der Waals surface area contributed by atoms with E-state index in [0.717, 1.165) is 18.7 Å². The molecule has 0 bridgehead atoms. The quantitative estimate of drug-likeness (QED) is 0.411. The maximum atomic E-state index is 4.99. The van der Waals surface area contributed by atoms with Crippen LogP contribution in [0.25, 0.3) is 22.6 Å². The summed E-state index contributed by atoms with van der Waals surface area (Å²) in [6, 6.07) is 24.4. The third-order valence-corrected chi connectivity index (χ3v) is 7.00. The highest BCUT2D eigenvalue weighted by atomic mass is 15.2. The number of fused-ring (bicyclic) bond motifs is 6. The molecule has 0 amide bonds. The summed E-state index contributed by atoms with van der Waals surface area (Å²) in [5.41, 5.74) is 10.7. The molecule has 0 unspecified atom stereocenters. The number of hydrogen-bond donors (Lipinski definition) is 0. The monoisotopic (exact) mass is 403 g/mol. The van der Waals surface area contributed by atoms with Crippen LogP contribution in [0.4, 0.5) is 5.69 Å². The molecule has 0 saturated carbocycles. The molecule has 1 aromatic heterocycles. The second-order valence-electron chi connectivity index (χ2n) is 9.07. The summed E-state index contributed by atoms with van der Waals surface area (Å²) in [5, 5.41) is 0. The fourth-order valence-electron chi connectivity index (χ4n) is 5.53. The van der Waals surface area contributed by atoms with Gasteiger partial charge in [-0.3, -0.25) is 0 Å². The van der Waals surface area contributed by atoms with Gasteiger partial charge < -0.3 is 9.29 Å². The van der Waals surface area contributed by atoms with E-state index in [1.165, 1.54) is 44.7 Å². The molecule has 31 heavy (non-hydrogen) atoms. The maximum Gasteiger partial charge on any atom is 0.417 e. The molecule has 3 nitrogen and oxygen atoms in total. The zero-order chi connectivity index (χ0) is 21.1. The van der Waals surface area contributed by atoms with Crippen molar-refractivity contribution in [1.82, 2.24) is 9.46 Å². The van der Waals surface area contributed by atoms with Crippen LogP contribution in [0.1, 0.15) is 36.5 Å². The Balaban J connectivity index is 1.75. The Labute approximate surface area is 184 Å². The molecule has 2 aliphatic rings. The molecule has 0 fully saturated rings. The number of hydrogen-bond acceptors (Lipinski definition) is 2. The van der Waals surface area contributed by atoms with Crippen molar-refractivity contribution >= 4 is 18.1 Å². The Morgan fingerprint density at radius 2 is 1.55 bits per heavy atom. The molecule has 4 aromatic rings. The number of benzene rings is 3. The molecule has 0 radical (unpaired) electrons. The number of aryl methyl sites for hydroxylation is 2. The van der Waals surface area contributed by atoms with Gasteiger partial charge in [0, 0.05) is 16.8 Å². The minimum absolute atomic E-state index is 0.0853. The summed E-state index contributed by atoms with van der Waals surface area (Å²) in [5.74, 6) is 1.52. The molecule has 3 aromatic carbocycles. The van der Waals surface area contributed by atoms with E-state index in [9.17, 15) is 0 Å². The van der Waals surface area contributed by atoms with Gasteiger partial charge in [0.25, 0.3) is 0 Å². The van der Waals surface area contributed by atoms with Gasteiger partial charge in [0.15, 0.2) is 0 Å². The molecule has 0 N–H and O–H groups in total. The van der Waals surface area contributed by atoms with Crippen LogP contribution < -0.4 is 10.3 Å². The molecule has 3 heterocycles. The Hall–Kier alpha value is -3.27. The lowest BCUT2D eigenvalue weighted by atomic mass is 9.58. The SMILES string of the molecule is CC(C)c1cccc2c1B1N(C)c3ccccc3-c3ncc(n31)-c1ccccc1CC2. The van der Waals surface area contributed by atoms with Crippen LogP contribution >= 0.6 is 0 Å². The van der Waals surface area contributed by atoms with Gasteiger partial charge in [-0.15, -0.1) is 0 Å². The highest BCUT2D eigenvalue weighted by molar-refractivity contribution is 6.77. The first kappa shape index (κ1) is 18.5. The van der Waals surface area contributed by atoms with Crippen molar-refractivity contribution in [2.45, 2.75) is 32.6 Å². The van der Waals surface area contributed by atoms with E-state index in [1.54, 1.807) is 0 Å². The van der Waals surface area contributed by atoms with Gasteiger partial charge in [-0.25, -0.2) is 4.98 Å². The molecule has 152 valence electrons. The van der Waals surface area contributed by atoms with E-state index < -0.39 is 0 Å². The number of para-hydroxylation sites is 1. The van der Waals surface area contributed by atoms with Crippen molar-refractivity contribution in [2.75, 3.05) is 11.9 Å². The predicted octanol–water partition coefficient (Wildman–Crippen LogP) is 5.13. The fourth-order valence-corrected chi connectivity index (χ4v) is 5.53. The van der Waals surface area contributed by atoms with Gasteiger partial charge in [0.2, 0.25) is 0 Å². The minimum atomic E-state index is 0.0853. The average Bonchev–Trinajstić information content (AvgIpc) is 3.24. The van der Waals surface area contributed by atoms with Crippen LogP contribution in [0.5, 0.6) is 0 Å². The first-order valence-corrected chi connectivity index (χ1v) is 11.2. The molecular formula is C27H26BN3. The van der Waals surface area contributed by atoms with Crippen LogP contribution in [0.3, 0.4) is 0 Å². The summed E-state index contributed by atoms with van der Waals surface area (Å²) in [6.07, 6.45) is 4.17. The lowest BCUT2D eigenvalue weighted by Crippen LogP contribution is -2.57. The van der Waals surface area contributed by atoms with E-state index in [1.807, 2.05) is 0 Å². The fraction of sp³-hybridized carbons (Fsp3) is 0.222. The minimum Gasteiger partial charge on any atom is -0.394 e. The highest BCUT2D eigenvalue weighted by Gasteiger charge is 2.40. The lowest BCUT2D eigenvalue weighted by Gasteiger charge is -2.37. The van der Waals surface area contributed by atoms with Crippen molar-refractivity contribution < 1.29 is 0 Å². The Morgan fingerprint density at radius 3 is 2.39 bits per heavy atom. The average molecular weight is 403 g/mol. The second kappa shape index (κ2) is 6.88. The van der Waals surface area contributed by atoms with E-state index in [2.05, 4.69) is 103 Å². The van der Waals surface area contributed by atoms with Crippen LogP contribution in [0, 0.1) is 0 Å². The smallest absolute Gasteiger partial charge is 0.394 e. The molecule has 4 heteroatoms. The van der Waals surface area contributed by atoms with E-state index in [-0.39, 0.29) is 6.98 Å². The number of aromatic nitrogens is 2. The standard InChI is InChI=1S/C27H26BN3/c1-18(2)21-13-8-10-20-16-15-19-9-4-5-11-22(19)25-17-29-27-23-12-6-7-14-24(23)30(3)28(26(20)21)31(25)27/h4-14,17-18H,15-16H2,1-3H3. The van der Waals surface area contributed by atoms with Crippen molar-refractivity contribution in [1.29, 1.82) is 0 Å². The van der Waals surface area contributed by atoms with E-state index in [4.69, 9.17) is 4.98 Å². The topological polar surface area (TPSA) is 21.1 Å².